The second kappa shape index (κ2) is 6.78. The number of benzene rings is 1. The molecule has 1 aliphatic carbocycles. The Labute approximate surface area is 160 Å². The van der Waals surface area contributed by atoms with E-state index < -0.39 is 40.6 Å². The molecule has 28 heavy (non-hydrogen) atoms. The normalized spacial score (nSPS) is 28.9. The van der Waals surface area contributed by atoms with Gasteiger partial charge in [0.05, 0.1) is 49.6 Å². The fourth-order valence-corrected chi connectivity index (χ4v) is 4.43. The van der Waals surface area contributed by atoms with Gasteiger partial charge in [0.15, 0.2) is 5.41 Å². The molecule has 2 N–H and O–H groups in total. The van der Waals surface area contributed by atoms with Crippen molar-refractivity contribution in [3.63, 3.8) is 0 Å². The zero-order valence-corrected chi connectivity index (χ0v) is 15.0. The molecule has 1 aromatic carbocycles. The second-order valence-electron chi connectivity index (χ2n) is 7.25. The maximum atomic E-state index is 13.7. The number of nitrogens with zero attached hydrogens (tertiary/aromatic N) is 3. The Morgan fingerprint density at radius 2 is 1.82 bits per heavy atom. The predicted octanol–water partition coefficient (Wildman–Crippen LogP) is 2.07. The Hall–Kier alpha value is -3.15. The second-order valence-corrected chi connectivity index (χ2v) is 7.25. The zero-order chi connectivity index (χ0) is 20.7. The van der Waals surface area contributed by atoms with E-state index in [2.05, 4.69) is 0 Å². The van der Waals surface area contributed by atoms with Gasteiger partial charge in [0, 0.05) is 11.8 Å². The van der Waals surface area contributed by atoms with Crippen molar-refractivity contribution in [1.29, 1.82) is 21.2 Å². The Morgan fingerprint density at radius 1 is 1.18 bits per heavy atom. The van der Waals surface area contributed by atoms with Crippen LogP contribution in [0.4, 0.5) is 13.2 Å². The van der Waals surface area contributed by atoms with E-state index in [9.17, 15) is 29.0 Å². The lowest BCUT2D eigenvalue weighted by molar-refractivity contribution is -0.878. The van der Waals surface area contributed by atoms with Gasteiger partial charge in [-0.3, -0.25) is 0 Å². The van der Waals surface area contributed by atoms with Gasteiger partial charge in [0.25, 0.3) is 0 Å². The van der Waals surface area contributed by atoms with Crippen molar-refractivity contribution in [1.82, 2.24) is 0 Å². The topological polar surface area (TPSA) is 99.7 Å². The summed E-state index contributed by atoms with van der Waals surface area (Å²) >= 11 is 0. The van der Waals surface area contributed by atoms with Gasteiger partial charge in [-0.25, -0.2) is 0 Å². The minimum Gasteiger partial charge on any atom is -0.334 e. The van der Waals surface area contributed by atoms with Crippen LogP contribution in [0, 0.1) is 56.7 Å². The van der Waals surface area contributed by atoms with E-state index in [-0.39, 0.29) is 5.56 Å². The maximum absolute atomic E-state index is 13.7. The van der Waals surface area contributed by atoms with Crippen molar-refractivity contribution in [2.45, 2.75) is 12.1 Å². The van der Waals surface area contributed by atoms with Crippen molar-refractivity contribution >= 4 is 5.71 Å². The molecule has 0 radical (unpaired) electrons. The molecule has 1 saturated carbocycles. The van der Waals surface area contributed by atoms with Gasteiger partial charge in [-0.05, 0) is 23.3 Å². The van der Waals surface area contributed by atoms with Gasteiger partial charge in [0.2, 0.25) is 0 Å². The molecule has 1 aromatic rings. The van der Waals surface area contributed by atoms with Crippen LogP contribution in [0.1, 0.15) is 17.0 Å². The van der Waals surface area contributed by atoms with Crippen LogP contribution >= 0.6 is 0 Å². The summed E-state index contributed by atoms with van der Waals surface area (Å²) in [6, 6.07) is 10.5. The molecule has 0 aromatic heterocycles. The van der Waals surface area contributed by atoms with E-state index in [0.717, 1.165) is 11.0 Å². The molecule has 4 atom stereocenters. The number of fused-ring (bicyclic) bond motifs is 1. The van der Waals surface area contributed by atoms with Crippen LogP contribution in [0.2, 0.25) is 0 Å². The van der Waals surface area contributed by atoms with Crippen LogP contribution in [0.3, 0.4) is 0 Å². The highest BCUT2D eigenvalue weighted by atomic mass is 19.4. The monoisotopic (exact) mass is 384 g/mol. The molecule has 8 heteroatoms. The molecule has 0 saturated heterocycles. The summed E-state index contributed by atoms with van der Waals surface area (Å²) in [5, 5.41) is 37.8. The molecule has 1 fully saturated rings. The number of hydrogen-bond donors (Lipinski definition) is 2. The Kier molecular flexibility index (Phi) is 4.75. The predicted molar refractivity (Wildman–Crippen MR) is 92.9 cm³/mol. The fourth-order valence-electron chi connectivity index (χ4n) is 4.43. The van der Waals surface area contributed by atoms with E-state index in [0.29, 0.717) is 18.7 Å². The molecule has 1 aliphatic heterocycles. The van der Waals surface area contributed by atoms with Gasteiger partial charge in [-0.1, -0.05) is 18.2 Å². The quantitative estimate of drug-likeness (QED) is 0.725. The van der Waals surface area contributed by atoms with Crippen LogP contribution < -0.4 is 4.90 Å². The Bertz CT molecular complexity index is 959. The smallest absolute Gasteiger partial charge is 0.334 e. The third kappa shape index (κ3) is 2.76. The summed E-state index contributed by atoms with van der Waals surface area (Å²) in [6.07, 6.45) is -2.90. The van der Waals surface area contributed by atoms with E-state index in [4.69, 9.17) is 5.41 Å². The summed E-state index contributed by atoms with van der Waals surface area (Å²) in [7, 11) is 1.86. The first-order valence-corrected chi connectivity index (χ1v) is 8.69. The number of halogens is 3. The van der Waals surface area contributed by atoms with Gasteiger partial charge < -0.3 is 10.3 Å². The average molecular weight is 384 g/mol. The van der Waals surface area contributed by atoms with Crippen LogP contribution in [0.5, 0.6) is 0 Å². The molecule has 142 valence electrons. The van der Waals surface area contributed by atoms with E-state index in [1.807, 2.05) is 25.3 Å². The number of nitriles is 3. The van der Waals surface area contributed by atoms with Crippen molar-refractivity contribution in [3.8, 4) is 18.2 Å². The van der Waals surface area contributed by atoms with Crippen molar-refractivity contribution in [2.75, 3.05) is 20.1 Å². The highest BCUT2D eigenvalue weighted by Crippen LogP contribution is 2.54. The van der Waals surface area contributed by atoms with E-state index in [1.165, 1.54) is 18.2 Å². The SMILES string of the molecule is C[NH+]1CC=C2C(C#N)C(=N)C(C#N)(C#N)[C@@H](c3ccccc3C(F)(F)F)[C@@H]2C1. The highest BCUT2D eigenvalue weighted by molar-refractivity contribution is 6.00. The largest absolute Gasteiger partial charge is 0.416 e. The summed E-state index contributed by atoms with van der Waals surface area (Å²) in [5.74, 6) is -2.87. The van der Waals surface area contributed by atoms with Crippen molar-refractivity contribution < 1.29 is 18.1 Å². The molecule has 0 bridgehead atoms. The van der Waals surface area contributed by atoms with E-state index >= 15 is 0 Å². The van der Waals surface area contributed by atoms with Crippen molar-refractivity contribution in [2.24, 2.45) is 17.3 Å². The third-order valence-electron chi connectivity index (χ3n) is 5.68. The van der Waals surface area contributed by atoms with Gasteiger partial charge >= 0.3 is 6.18 Å². The minimum atomic E-state index is -4.67. The Balaban J connectivity index is 2.35. The lowest BCUT2D eigenvalue weighted by Gasteiger charge is -2.46. The molecule has 1 heterocycles. The summed E-state index contributed by atoms with van der Waals surface area (Å²) in [6.45, 7) is 0.941. The standard InChI is InChI=1S/C20H16F3N5/c1-28-7-6-12-14(8-24)18(27)19(10-25,11-26)17(15(12)9-28)13-4-2-3-5-16(13)20(21,22)23/h2-6,14-15,17,27H,7,9H2,1H3/p+1/t14?,15-,17+/m1/s1. The van der Waals surface area contributed by atoms with Crippen LogP contribution in [0.25, 0.3) is 0 Å². The molecule has 0 spiro atoms. The molecule has 3 rings (SSSR count). The molecule has 5 nitrogen and oxygen atoms in total. The number of hydrogen-bond acceptors (Lipinski definition) is 4. The van der Waals surface area contributed by atoms with Gasteiger partial charge in [-0.15, -0.1) is 0 Å². The first kappa shape index (κ1) is 19.6. The lowest BCUT2D eigenvalue weighted by Crippen LogP contribution is -3.10. The molecular formula is C20H17F3N5+. The summed E-state index contributed by atoms with van der Waals surface area (Å²) < 4.78 is 41.1. The molecule has 2 aliphatic rings. The highest BCUT2D eigenvalue weighted by Gasteiger charge is 2.59. The number of alkyl halides is 3. The lowest BCUT2D eigenvalue weighted by atomic mass is 9.54. The number of likely N-dealkylation sites (N-methyl/N-ethyl adjacent to an activating group) is 1. The number of nitrogens with one attached hydrogen (secondary N) is 2. The van der Waals surface area contributed by atoms with Crippen molar-refractivity contribution in [3.05, 3.63) is 47.0 Å². The fraction of sp³-hybridized carbons (Fsp3) is 0.400. The Morgan fingerprint density at radius 3 is 2.39 bits per heavy atom. The van der Waals surface area contributed by atoms with Crippen LogP contribution in [-0.4, -0.2) is 25.8 Å². The van der Waals surface area contributed by atoms with Crippen LogP contribution in [-0.2, 0) is 6.18 Å². The average Bonchev–Trinajstić information content (AvgIpc) is 2.67. The van der Waals surface area contributed by atoms with Gasteiger partial charge in [-0.2, -0.15) is 29.0 Å². The zero-order valence-electron chi connectivity index (χ0n) is 15.0. The number of quaternary nitrogens is 1. The summed E-state index contributed by atoms with van der Waals surface area (Å²) in [5.41, 5.74) is -3.13. The number of rotatable bonds is 1. The third-order valence-corrected chi connectivity index (χ3v) is 5.68. The first-order valence-electron chi connectivity index (χ1n) is 8.69. The summed E-state index contributed by atoms with van der Waals surface area (Å²) in [4.78, 5) is 0.998. The van der Waals surface area contributed by atoms with Crippen LogP contribution in [0.15, 0.2) is 35.9 Å². The van der Waals surface area contributed by atoms with Gasteiger partial charge in [0.1, 0.15) is 5.92 Å². The minimum absolute atomic E-state index is 0.176. The molecule has 0 amide bonds. The molecular weight excluding hydrogens is 367 g/mol. The van der Waals surface area contributed by atoms with E-state index in [1.54, 1.807) is 6.08 Å². The maximum Gasteiger partial charge on any atom is 0.416 e. The molecule has 2 unspecified atom stereocenters. The first-order chi connectivity index (χ1) is 13.2.